The molecule has 1 aliphatic carbocycles. The fourth-order valence-electron chi connectivity index (χ4n) is 21.9. The number of ether oxygens (including phenoxy) is 1. The molecule has 6 aromatic heterocycles. The van der Waals surface area contributed by atoms with Gasteiger partial charge in [0.2, 0.25) is 0 Å². The zero-order valence-corrected chi connectivity index (χ0v) is 79.0. The minimum Gasteiger partial charge on any atom is -0.456 e. The molecule has 0 saturated heterocycles. The number of furan rings is 1. The van der Waals surface area contributed by atoms with Crippen molar-refractivity contribution < 1.29 is 9.15 Å². The molecule has 0 fully saturated rings. The van der Waals surface area contributed by atoms with Crippen molar-refractivity contribution in [3.63, 3.8) is 0 Å². The van der Waals surface area contributed by atoms with Gasteiger partial charge in [0.25, 0.3) is 0 Å². The fraction of sp³-hybridized carbons (Fsp3) is 0.00787. The zero-order valence-electron chi connectivity index (χ0n) is 74.1. The predicted molar refractivity (Wildman–Crippen MR) is 593 cm³/mol. The van der Waals surface area contributed by atoms with Crippen molar-refractivity contribution in [3.05, 3.63) is 489 Å². The highest BCUT2D eigenvalue weighted by Crippen LogP contribution is 2.60. The summed E-state index contributed by atoms with van der Waals surface area (Å²) >= 11 is 11.3. The lowest BCUT2D eigenvalue weighted by Crippen LogP contribution is -2.28. The number of thiophene rings is 5. The summed E-state index contributed by atoms with van der Waals surface area (Å²) in [4.78, 5) is 9.67. The lowest BCUT2D eigenvalue weighted by Gasteiger charge is -2.35. The average Bonchev–Trinajstić information content (AvgIpc) is 1.54. The lowest BCUT2D eigenvalue weighted by molar-refractivity contribution is 0.477. The first-order valence-electron chi connectivity index (χ1n) is 46.5. The maximum absolute atomic E-state index is 6.40. The molecule has 0 amide bonds. The Morgan fingerprint density at radius 2 is 0.623 bits per heavy atom. The molecule has 0 spiro atoms. The molecule has 0 saturated carbocycles. The average molecular weight is 1870 g/mol. The molecular weight excluding hydrogens is 1790 g/mol. The van der Waals surface area contributed by atoms with Crippen molar-refractivity contribution in [1.29, 1.82) is 0 Å². The van der Waals surface area contributed by atoms with Gasteiger partial charge >= 0.3 is 0 Å². The van der Waals surface area contributed by atoms with Crippen molar-refractivity contribution in [2.75, 3.05) is 14.7 Å². The summed E-state index contributed by atoms with van der Waals surface area (Å²) in [7, 11) is 0. The Morgan fingerprint density at radius 3 is 1.19 bits per heavy atom. The Bertz CT molecular complexity index is 9130. The van der Waals surface area contributed by atoms with Crippen LogP contribution in [0.25, 0.3) is 167 Å². The van der Waals surface area contributed by atoms with Gasteiger partial charge in [0.05, 0.1) is 28.2 Å². The number of hydrogen-bond donors (Lipinski definition) is 0. The van der Waals surface area contributed by atoms with Gasteiger partial charge in [0.15, 0.2) is 11.5 Å². The van der Waals surface area contributed by atoms with Crippen molar-refractivity contribution in [2.45, 2.75) is 15.2 Å². The van der Waals surface area contributed by atoms with Crippen molar-refractivity contribution in [3.8, 4) is 56.0 Å². The molecule has 0 bridgehead atoms. The number of rotatable bonds is 10. The van der Waals surface area contributed by atoms with Gasteiger partial charge in [-0.15, -0.1) is 56.7 Å². The van der Waals surface area contributed by atoms with Gasteiger partial charge in [-0.2, -0.15) is 0 Å². The van der Waals surface area contributed by atoms with Crippen LogP contribution in [0.2, 0.25) is 0 Å². The SMILES string of the molecule is c1ccc(N(c2cccc(-c3cccc4sc5ccc6c7ccccc7sc6c5c34)c2)c2ccc3c(c2)C(c2ccccc2)(c2ccccc2)c2ccccc2-3)cc1.c1ccc2c(c1)Oc1ccccc1N2c1ccc(-c2cccc3oc4ccc5c6ccccc6sc5c4c23)cc1.c1ccc2c(c1)Sc1ccccc1N2c1ccc(-c2cccc3sc4ccc5c6ccccc6sc5c4c23)cc1. The van der Waals surface area contributed by atoms with E-state index in [0.29, 0.717) is 0 Å². The number of hydrogen-bond acceptors (Lipinski definition) is 11. The van der Waals surface area contributed by atoms with Crippen LogP contribution in [-0.2, 0) is 5.41 Å². The summed E-state index contributed by atoms with van der Waals surface area (Å²) in [5.74, 6) is 1.71. The molecule has 8 heterocycles. The minimum atomic E-state index is -0.484. The number of benzene rings is 21. The highest BCUT2D eigenvalue weighted by atomic mass is 32.2. The molecule has 27 aromatic rings. The van der Waals surface area contributed by atoms with Gasteiger partial charge in [-0.1, -0.05) is 309 Å². The van der Waals surface area contributed by atoms with E-state index in [-0.39, 0.29) is 0 Å². The topological polar surface area (TPSA) is 32.1 Å². The van der Waals surface area contributed by atoms with Gasteiger partial charge in [0, 0.05) is 150 Å². The van der Waals surface area contributed by atoms with E-state index in [0.717, 1.165) is 62.4 Å². The number of fused-ring (bicyclic) bond motifs is 28. The predicted octanol–water partition coefficient (Wildman–Crippen LogP) is 39.1. The largest absolute Gasteiger partial charge is 0.456 e. The Hall–Kier alpha value is -15.9. The molecule has 138 heavy (non-hydrogen) atoms. The standard InChI is InChI=1S/C55H35NS2.C36H21NO2S.C36H21NS3/c1-4-17-37(18-5-1)55(38-19-6-2-7-20-38)47-27-12-10-24-43(47)44-31-30-41(35-48(44)55)56(39-21-8-3-9-22-39)40-23-14-16-36(34-40)42-26-15-29-50-52(42)53-51(57-50)33-32-46-45-25-11-13-28-49(45)58-54(46)53;1-6-15-33-25(8-1)26-20-21-32-35(36(26)40-33)34-24(9-7-14-31(34)39-32)22-16-18-23(19-17-22)37-27-10-2-4-12-29(27)38-30-13-5-3-11-28(30)37;1-4-12-29-25(8-1)26-20-21-33-35(36(26)40-29)34-24(9-7-15-32(34)39-33)22-16-18-23(19-17-22)37-27-10-2-5-13-30(27)38-31-14-6-3-11-28(31)37/h1-35H;2*1-21H. The van der Waals surface area contributed by atoms with E-state index >= 15 is 0 Å². The Labute approximate surface area is 819 Å². The third kappa shape index (κ3) is 12.8. The highest BCUT2D eigenvalue weighted by molar-refractivity contribution is 7.99. The molecule has 21 aromatic carbocycles. The molecule has 11 heteroatoms. The molecule has 0 N–H and O–H groups in total. The summed E-state index contributed by atoms with van der Waals surface area (Å²) in [6.45, 7) is 0. The van der Waals surface area contributed by atoms with E-state index in [9.17, 15) is 0 Å². The first-order valence-corrected chi connectivity index (χ1v) is 51.4. The maximum atomic E-state index is 6.40. The second-order valence-corrected chi connectivity index (χ2v) is 41.8. The Balaban J connectivity index is 0.000000105. The monoisotopic (exact) mass is 1870 g/mol. The first-order chi connectivity index (χ1) is 68.4. The van der Waals surface area contributed by atoms with E-state index in [1.165, 1.54) is 200 Å². The second kappa shape index (κ2) is 32.7. The zero-order chi connectivity index (χ0) is 90.6. The van der Waals surface area contributed by atoms with E-state index in [1.807, 2.05) is 92.7 Å². The fourth-order valence-corrected chi connectivity index (χ4v) is 29.2. The number of nitrogens with zero attached hydrogens (tertiary/aromatic N) is 3. The van der Waals surface area contributed by atoms with E-state index < -0.39 is 5.41 Å². The maximum Gasteiger partial charge on any atom is 0.151 e. The van der Waals surface area contributed by atoms with E-state index in [1.54, 1.807) is 0 Å². The van der Waals surface area contributed by atoms with Crippen LogP contribution >= 0.6 is 68.4 Å². The molecule has 3 aliphatic rings. The molecule has 2 aliphatic heterocycles. The van der Waals surface area contributed by atoms with Gasteiger partial charge in [-0.3, -0.25) is 0 Å². The molecule has 0 radical (unpaired) electrons. The highest BCUT2D eigenvalue weighted by Gasteiger charge is 2.47. The smallest absolute Gasteiger partial charge is 0.151 e. The number of anilines is 9. The second-order valence-electron chi connectivity index (χ2n) is 35.4. The molecule has 0 atom stereocenters. The summed E-state index contributed by atoms with van der Waals surface area (Å²) in [5, 5.41) is 15.8. The third-order valence-corrected chi connectivity index (χ3v) is 34.9. The van der Waals surface area contributed by atoms with Crippen LogP contribution in [0.1, 0.15) is 22.3 Å². The van der Waals surface area contributed by atoms with Crippen molar-refractivity contribution in [2.24, 2.45) is 0 Å². The normalized spacial score (nSPS) is 12.8. The van der Waals surface area contributed by atoms with E-state index in [2.05, 4.69) is 458 Å². The van der Waals surface area contributed by atoms with Gasteiger partial charge in [0.1, 0.15) is 11.2 Å². The van der Waals surface area contributed by atoms with Crippen LogP contribution in [0.15, 0.2) is 481 Å². The summed E-state index contributed by atoms with van der Waals surface area (Å²) in [5.41, 5.74) is 26.6. The minimum absolute atomic E-state index is 0.484. The van der Waals surface area contributed by atoms with Crippen molar-refractivity contribution >= 4 is 242 Å². The van der Waals surface area contributed by atoms with Crippen LogP contribution < -0.4 is 19.4 Å². The van der Waals surface area contributed by atoms with E-state index in [4.69, 9.17) is 9.15 Å². The van der Waals surface area contributed by atoms with Crippen LogP contribution in [-0.4, -0.2) is 0 Å². The van der Waals surface area contributed by atoms with Crippen LogP contribution in [0.3, 0.4) is 0 Å². The molecule has 5 nitrogen and oxygen atoms in total. The van der Waals surface area contributed by atoms with Gasteiger partial charge in [-0.25, -0.2) is 0 Å². The van der Waals surface area contributed by atoms with Gasteiger partial charge in [-0.05, 0) is 237 Å². The van der Waals surface area contributed by atoms with Crippen LogP contribution in [0, 0.1) is 0 Å². The van der Waals surface area contributed by atoms with Crippen molar-refractivity contribution in [1.82, 2.24) is 0 Å². The van der Waals surface area contributed by atoms with Crippen LogP contribution in [0.5, 0.6) is 11.5 Å². The third-order valence-electron chi connectivity index (χ3n) is 27.9. The lowest BCUT2D eigenvalue weighted by atomic mass is 9.67. The molecule has 648 valence electrons. The Kier molecular flexibility index (Phi) is 19.1. The summed E-state index contributed by atoms with van der Waals surface area (Å²) in [6.07, 6.45) is 0. The summed E-state index contributed by atoms with van der Waals surface area (Å²) in [6, 6.07) is 170. The number of para-hydroxylation sites is 7. The molecule has 30 rings (SSSR count). The Morgan fingerprint density at radius 1 is 0.225 bits per heavy atom. The molecule has 0 unspecified atom stereocenters. The first kappa shape index (κ1) is 80.5. The van der Waals surface area contributed by atoms with Crippen LogP contribution in [0.4, 0.5) is 51.2 Å². The molecular formula is C127H77N3O2S6. The van der Waals surface area contributed by atoms with Gasteiger partial charge < -0.3 is 23.9 Å². The quantitative estimate of drug-likeness (QED) is 0.136. The summed E-state index contributed by atoms with van der Waals surface area (Å²) < 4.78 is 26.0.